The van der Waals surface area contributed by atoms with E-state index in [1.54, 1.807) is 49.4 Å². The summed E-state index contributed by atoms with van der Waals surface area (Å²) in [7, 11) is 0. The Morgan fingerprint density at radius 1 is 0.964 bits per heavy atom. The van der Waals surface area contributed by atoms with Gasteiger partial charge in [-0.25, -0.2) is 4.79 Å². The molecular weight excluding hydrogens is 420 g/mol. The maximum absolute atomic E-state index is 13.0. The zero-order valence-corrected chi connectivity index (χ0v) is 16.5. The molecule has 0 aliphatic carbocycles. The standard InChI is InChI=1S/C23H15BrO4/c1-14-21(15-7-9-17(24)10-8-15)22(25)19-12-11-18(13-20(19)27-14)28-23(26)16-5-3-2-4-6-16/h2-13H,1H3. The summed E-state index contributed by atoms with van der Waals surface area (Å²) in [5.74, 6) is 0.358. The zero-order chi connectivity index (χ0) is 19.7. The minimum atomic E-state index is -0.467. The van der Waals surface area contributed by atoms with E-state index in [1.165, 1.54) is 0 Å². The van der Waals surface area contributed by atoms with Gasteiger partial charge in [-0.15, -0.1) is 0 Å². The van der Waals surface area contributed by atoms with Crippen LogP contribution in [0.1, 0.15) is 16.1 Å². The van der Waals surface area contributed by atoms with Crippen molar-refractivity contribution in [1.82, 2.24) is 0 Å². The van der Waals surface area contributed by atoms with Gasteiger partial charge in [0, 0.05) is 10.5 Å². The van der Waals surface area contributed by atoms with Crippen LogP contribution < -0.4 is 10.2 Å². The molecule has 0 amide bonds. The Hall–Kier alpha value is -3.18. The van der Waals surface area contributed by atoms with Gasteiger partial charge >= 0.3 is 5.97 Å². The number of fused-ring (bicyclic) bond motifs is 1. The summed E-state index contributed by atoms with van der Waals surface area (Å²) < 4.78 is 12.2. The van der Waals surface area contributed by atoms with E-state index >= 15 is 0 Å². The van der Waals surface area contributed by atoms with Crippen LogP contribution in [0.3, 0.4) is 0 Å². The molecule has 0 atom stereocenters. The lowest BCUT2D eigenvalue weighted by atomic mass is 10.0. The summed E-state index contributed by atoms with van der Waals surface area (Å²) in [6, 6.07) is 21.0. The van der Waals surface area contributed by atoms with Crippen molar-refractivity contribution in [3.05, 3.63) is 98.8 Å². The first-order valence-corrected chi connectivity index (χ1v) is 9.43. The van der Waals surface area contributed by atoms with E-state index in [9.17, 15) is 9.59 Å². The second-order valence-electron chi connectivity index (χ2n) is 6.28. The molecule has 3 aromatic carbocycles. The van der Waals surface area contributed by atoms with Crippen molar-refractivity contribution >= 4 is 32.9 Å². The highest BCUT2D eigenvalue weighted by Crippen LogP contribution is 2.27. The molecule has 0 saturated heterocycles. The van der Waals surface area contributed by atoms with Crippen LogP contribution in [-0.2, 0) is 0 Å². The number of ether oxygens (including phenoxy) is 1. The van der Waals surface area contributed by atoms with Crippen molar-refractivity contribution in [2.75, 3.05) is 0 Å². The van der Waals surface area contributed by atoms with Gasteiger partial charge < -0.3 is 9.15 Å². The maximum Gasteiger partial charge on any atom is 0.343 e. The fourth-order valence-electron chi connectivity index (χ4n) is 3.04. The van der Waals surface area contributed by atoms with Crippen LogP contribution in [0, 0.1) is 6.92 Å². The van der Waals surface area contributed by atoms with Gasteiger partial charge in [0.15, 0.2) is 0 Å². The number of carbonyl (C=O) groups excluding carboxylic acids is 1. The highest BCUT2D eigenvalue weighted by atomic mass is 79.9. The average molecular weight is 435 g/mol. The second-order valence-corrected chi connectivity index (χ2v) is 7.20. The molecule has 0 fully saturated rings. The Morgan fingerprint density at radius 3 is 2.39 bits per heavy atom. The molecule has 28 heavy (non-hydrogen) atoms. The average Bonchev–Trinajstić information content (AvgIpc) is 2.70. The molecule has 0 N–H and O–H groups in total. The van der Waals surface area contributed by atoms with E-state index in [4.69, 9.17) is 9.15 Å². The molecule has 138 valence electrons. The third-order valence-electron chi connectivity index (χ3n) is 4.39. The van der Waals surface area contributed by atoms with Crippen LogP contribution in [-0.4, -0.2) is 5.97 Å². The second kappa shape index (κ2) is 7.44. The Kier molecular flexibility index (Phi) is 4.84. The number of hydrogen-bond acceptors (Lipinski definition) is 4. The lowest BCUT2D eigenvalue weighted by Crippen LogP contribution is -2.10. The first-order chi connectivity index (χ1) is 13.5. The molecule has 0 radical (unpaired) electrons. The number of halogens is 1. The van der Waals surface area contributed by atoms with Gasteiger partial charge in [0.25, 0.3) is 0 Å². The normalized spacial score (nSPS) is 10.8. The Bertz CT molecular complexity index is 1230. The van der Waals surface area contributed by atoms with Crippen molar-refractivity contribution in [3.8, 4) is 16.9 Å². The van der Waals surface area contributed by atoms with Crippen molar-refractivity contribution < 1.29 is 13.9 Å². The molecule has 5 heteroatoms. The summed E-state index contributed by atoms with van der Waals surface area (Å²) in [6.07, 6.45) is 0. The highest BCUT2D eigenvalue weighted by molar-refractivity contribution is 9.10. The Morgan fingerprint density at radius 2 is 1.68 bits per heavy atom. The van der Waals surface area contributed by atoms with Crippen LogP contribution in [0.4, 0.5) is 0 Å². The van der Waals surface area contributed by atoms with Gasteiger partial charge in [-0.1, -0.05) is 46.3 Å². The van der Waals surface area contributed by atoms with Crippen LogP contribution in [0.5, 0.6) is 5.75 Å². The summed E-state index contributed by atoms with van der Waals surface area (Å²) in [5, 5.41) is 0.433. The predicted octanol–water partition coefficient (Wildman–Crippen LogP) is 5.75. The van der Waals surface area contributed by atoms with Crippen molar-refractivity contribution in [3.63, 3.8) is 0 Å². The molecule has 0 saturated carbocycles. The molecule has 4 nitrogen and oxygen atoms in total. The summed E-state index contributed by atoms with van der Waals surface area (Å²) >= 11 is 3.40. The van der Waals surface area contributed by atoms with E-state index in [1.807, 2.05) is 30.3 Å². The van der Waals surface area contributed by atoms with Gasteiger partial charge in [-0.3, -0.25) is 4.79 Å². The van der Waals surface area contributed by atoms with E-state index in [-0.39, 0.29) is 5.43 Å². The van der Waals surface area contributed by atoms with Crippen LogP contribution in [0.15, 0.2) is 86.5 Å². The molecule has 4 aromatic rings. The number of hydrogen-bond donors (Lipinski definition) is 0. The molecule has 0 bridgehead atoms. The first kappa shape index (κ1) is 18.2. The molecule has 0 unspecified atom stereocenters. The smallest absolute Gasteiger partial charge is 0.343 e. The number of carbonyl (C=O) groups is 1. The zero-order valence-electron chi connectivity index (χ0n) is 14.9. The van der Waals surface area contributed by atoms with E-state index in [0.29, 0.717) is 33.6 Å². The first-order valence-electron chi connectivity index (χ1n) is 8.63. The van der Waals surface area contributed by atoms with Gasteiger partial charge in [0.1, 0.15) is 17.1 Å². The fraction of sp³-hybridized carbons (Fsp3) is 0.0435. The quantitative estimate of drug-likeness (QED) is 0.304. The Labute approximate surface area is 169 Å². The van der Waals surface area contributed by atoms with Crippen LogP contribution in [0.25, 0.3) is 22.1 Å². The number of aryl methyl sites for hydroxylation is 1. The maximum atomic E-state index is 13.0. The van der Waals surface area contributed by atoms with Crippen molar-refractivity contribution in [2.24, 2.45) is 0 Å². The molecule has 4 rings (SSSR count). The third kappa shape index (κ3) is 3.49. The summed E-state index contributed by atoms with van der Waals surface area (Å²) in [5.41, 5.74) is 2.01. The third-order valence-corrected chi connectivity index (χ3v) is 4.92. The SMILES string of the molecule is Cc1oc2cc(OC(=O)c3ccccc3)ccc2c(=O)c1-c1ccc(Br)cc1. The molecule has 1 aromatic heterocycles. The predicted molar refractivity (Wildman–Crippen MR) is 112 cm³/mol. The van der Waals surface area contributed by atoms with Crippen molar-refractivity contribution in [2.45, 2.75) is 6.92 Å². The van der Waals surface area contributed by atoms with Crippen LogP contribution >= 0.6 is 15.9 Å². The monoisotopic (exact) mass is 434 g/mol. The highest BCUT2D eigenvalue weighted by Gasteiger charge is 2.15. The van der Waals surface area contributed by atoms with E-state index < -0.39 is 5.97 Å². The van der Waals surface area contributed by atoms with Gasteiger partial charge in [0.2, 0.25) is 5.43 Å². The molecule has 0 spiro atoms. The van der Waals surface area contributed by atoms with E-state index in [0.717, 1.165) is 10.0 Å². The number of benzene rings is 3. The summed E-state index contributed by atoms with van der Waals surface area (Å²) in [4.78, 5) is 25.2. The Balaban J connectivity index is 1.73. The lowest BCUT2D eigenvalue weighted by molar-refractivity contribution is 0.0735. The number of rotatable bonds is 3. The summed E-state index contributed by atoms with van der Waals surface area (Å²) in [6.45, 7) is 1.75. The number of esters is 1. The minimum absolute atomic E-state index is 0.123. The minimum Gasteiger partial charge on any atom is -0.460 e. The van der Waals surface area contributed by atoms with Gasteiger partial charge in [-0.05, 0) is 48.9 Å². The van der Waals surface area contributed by atoms with E-state index in [2.05, 4.69) is 15.9 Å². The fourth-order valence-corrected chi connectivity index (χ4v) is 3.30. The molecule has 1 heterocycles. The molecule has 0 aliphatic heterocycles. The van der Waals surface area contributed by atoms with Crippen LogP contribution in [0.2, 0.25) is 0 Å². The molecule has 0 aliphatic rings. The van der Waals surface area contributed by atoms with Gasteiger partial charge in [-0.2, -0.15) is 0 Å². The lowest BCUT2D eigenvalue weighted by Gasteiger charge is -2.09. The molecular formula is C23H15BrO4. The van der Waals surface area contributed by atoms with Gasteiger partial charge in [0.05, 0.1) is 16.5 Å². The largest absolute Gasteiger partial charge is 0.460 e. The topological polar surface area (TPSA) is 56.5 Å². The van der Waals surface area contributed by atoms with Crippen molar-refractivity contribution in [1.29, 1.82) is 0 Å².